The molecule has 15 rings (SSSR count). The molecule has 9 N–H and O–H groups in total. The van der Waals surface area contributed by atoms with Crippen LogP contribution in [0.15, 0.2) is 205 Å². The van der Waals surface area contributed by atoms with Crippen LogP contribution < -0.4 is 28.4 Å². The maximum Gasteiger partial charge on any atom is 0.217 e. The van der Waals surface area contributed by atoms with E-state index in [-0.39, 0.29) is 49.4 Å². The number of hydrogen-bond donors (Lipinski definition) is 9. The molecule has 0 unspecified atom stereocenters. The lowest BCUT2D eigenvalue weighted by molar-refractivity contribution is -0.150. The summed E-state index contributed by atoms with van der Waals surface area (Å²) in [6.45, 7) is 7.27. The van der Waals surface area contributed by atoms with E-state index in [4.69, 9.17) is 55.6 Å². The number of sulfonamides is 3. The highest BCUT2D eigenvalue weighted by Crippen LogP contribution is 2.71. The van der Waals surface area contributed by atoms with Crippen LogP contribution in [0.1, 0.15) is 73.8 Å². The SMILES string of the molecule is CNS(=O)(=O)[C@H]1[C@@H](O)[C@@]2(O)c3ncc(Cl)cc3O[C@@]2(c2ccc(Br)cc2)[C@@H]1c1ccccc1.CNS(=O)(=O)[C@H]1[C@@H](O)[C@@]2(O)c3ncc(Cl)cc3O[C@@]2(c2ccc(C#N)cc2)[C@@H]1c1ccccc1.[C-]#[N+]c1ccc([C@@]23Oc4cc(Cl)cnc4[C@]2(O)[C@H](O)[C@H](S(=O)(=O)NC)[C@H]3c2ccccc2)cc1. The molecule has 3 aromatic heterocycles. The van der Waals surface area contributed by atoms with E-state index < -0.39 is 115 Å². The molecule has 3 fully saturated rings. The van der Waals surface area contributed by atoms with E-state index in [1.54, 1.807) is 164 Å². The molecule has 520 valence electrons. The van der Waals surface area contributed by atoms with Gasteiger partial charge in [0.2, 0.25) is 30.1 Å². The van der Waals surface area contributed by atoms with Crippen molar-refractivity contribution in [2.45, 2.75) is 85.4 Å². The number of aliphatic hydroxyl groups is 6. The Morgan fingerprint density at radius 3 is 1.02 bits per heavy atom. The van der Waals surface area contributed by atoms with Crippen LogP contribution in [-0.4, -0.2) is 126 Å². The molecule has 30 heteroatoms. The molecule has 9 aromatic rings. The molecule has 23 nitrogen and oxygen atoms in total. The number of hydrogen-bond acceptors (Lipinski definition) is 19. The van der Waals surface area contributed by atoms with Crippen molar-refractivity contribution in [2.24, 2.45) is 0 Å². The number of ether oxygens (including phenoxy) is 3. The van der Waals surface area contributed by atoms with Gasteiger partial charge < -0.3 is 44.8 Å². The fourth-order valence-electron chi connectivity index (χ4n) is 15.9. The summed E-state index contributed by atoms with van der Waals surface area (Å²) < 4.78 is 107. The smallest absolute Gasteiger partial charge is 0.217 e. The summed E-state index contributed by atoms with van der Waals surface area (Å²) in [5.41, 5.74) is -8.32. The quantitative estimate of drug-likeness (QED) is 0.0522. The van der Waals surface area contributed by atoms with Crippen molar-refractivity contribution < 1.29 is 70.1 Å². The average Bonchev–Trinajstić information content (AvgIpc) is 1.51. The van der Waals surface area contributed by atoms with Crippen LogP contribution in [0.4, 0.5) is 5.69 Å². The Labute approximate surface area is 604 Å². The zero-order valence-corrected chi connectivity index (χ0v) is 59.4. The third-order valence-corrected chi connectivity index (χ3v) is 26.7. The molecule has 101 heavy (non-hydrogen) atoms. The van der Waals surface area contributed by atoms with Gasteiger partial charge in [-0.1, -0.05) is 190 Å². The standard InChI is InChI=1S/2C24H20ClN3O5S.C23H20BrClN2O5S/c1-26-17-10-8-15(9-11-17)24-19(14-6-4-3-5-7-14)20(34(31,32)27-2)22(29)23(24,30)21-18(33-24)12-16(25)13-28-21;1-27-34(31,32)20-19(15-5-3-2-4-6-15)24(16-9-7-14(12-26)8-10-16)23(30,22(20)29)21-18(33-24)11-17(25)13-28-21;1-26-33(30,31)19-18(13-5-3-2-4-6-13)23(14-7-9-15(24)10-8-14)22(29,21(19)28)20-17(32-23)11-16(25)12-27-20/h3-13,19-20,22,27,29-30H,2H3;2-11,13,19-20,22,27,29-30H,1H3;2-12,18-19,21,26,28-29H,1H3/t2*19-,20-,22-,23+,24+;18-,19-,21-,22+,23+/m111/s1. The average molecular weight is 1550 g/mol. The number of halogens is 4. The maximum atomic E-state index is 13.3. The van der Waals surface area contributed by atoms with Crippen molar-refractivity contribution in [3.63, 3.8) is 0 Å². The molecule has 3 aliphatic heterocycles. The number of benzene rings is 6. The van der Waals surface area contributed by atoms with Crippen molar-refractivity contribution in [3.8, 4) is 23.3 Å². The van der Waals surface area contributed by atoms with Gasteiger partial charge in [-0.15, -0.1) is 0 Å². The Morgan fingerprint density at radius 2 is 0.752 bits per heavy atom. The molecule has 6 aromatic carbocycles. The number of aromatic nitrogens is 3. The minimum absolute atomic E-state index is 0.00612. The Hall–Kier alpha value is -8.01. The first-order chi connectivity index (χ1) is 48.1. The predicted octanol–water partition coefficient (Wildman–Crippen LogP) is 8.04. The number of nitrogens with one attached hydrogen (secondary N) is 3. The van der Waals surface area contributed by atoms with Gasteiger partial charge in [-0.2, -0.15) is 5.26 Å². The van der Waals surface area contributed by atoms with Crippen molar-refractivity contribution >= 4 is 86.5 Å². The van der Waals surface area contributed by atoms with Gasteiger partial charge in [0, 0.05) is 41.3 Å². The molecule has 0 radical (unpaired) electrons. The Kier molecular flexibility index (Phi) is 18.4. The fourth-order valence-corrected chi connectivity index (χ4v) is 21.2. The lowest BCUT2D eigenvalue weighted by Crippen LogP contribution is -2.52. The van der Waals surface area contributed by atoms with Gasteiger partial charge in [0.1, 0.15) is 68.4 Å². The predicted molar refractivity (Wildman–Crippen MR) is 375 cm³/mol. The van der Waals surface area contributed by atoms with Gasteiger partial charge in [0.15, 0.2) is 39.3 Å². The lowest BCUT2D eigenvalue weighted by atomic mass is 9.72. The van der Waals surface area contributed by atoms with Gasteiger partial charge in [-0.25, -0.2) is 44.3 Å². The monoisotopic (exact) mass is 1540 g/mol. The van der Waals surface area contributed by atoms with E-state index in [9.17, 15) is 61.2 Å². The molecular formula is C71H60BrCl3N8O15S3. The Balaban J connectivity index is 0.000000135. The highest BCUT2D eigenvalue weighted by atomic mass is 79.9. The summed E-state index contributed by atoms with van der Waals surface area (Å²) in [5, 5.41) is 77.3. The third kappa shape index (κ3) is 10.5. The van der Waals surface area contributed by atoms with Crippen LogP contribution in [0.25, 0.3) is 4.85 Å². The zero-order chi connectivity index (χ0) is 72.2. The summed E-state index contributed by atoms with van der Waals surface area (Å²) in [6, 6.07) is 52.4. The van der Waals surface area contributed by atoms with E-state index in [1.165, 1.54) is 57.9 Å². The van der Waals surface area contributed by atoms with E-state index in [0.29, 0.717) is 44.6 Å². The first-order valence-electron chi connectivity index (χ1n) is 31.0. The minimum atomic E-state index is -4.14. The molecule has 0 bridgehead atoms. The van der Waals surface area contributed by atoms with Gasteiger partial charge in [-0.3, -0.25) is 15.0 Å². The molecule has 3 aliphatic carbocycles. The van der Waals surface area contributed by atoms with Crippen molar-refractivity contribution in [2.75, 3.05) is 21.1 Å². The zero-order valence-electron chi connectivity index (χ0n) is 53.1. The van der Waals surface area contributed by atoms with Crippen molar-refractivity contribution in [3.05, 3.63) is 288 Å². The van der Waals surface area contributed by atoms with E-state index >= 15 is 0 Å². The summed E-state index contributed by atoms with van der Waals surface area (Å²) in [7, 11) is -8.58. The van der Waals surface area contributed by atoms with Gasteiger partial charge >= 0.3 is 0 Å². The first kappa shape index (κ1) is 71.4. The number of rotatable bonds is 12. The van der Waals surface area contributed by atoms with Crippen LogP contribution >= 0.6 is 50.7 Å². The highest BCUT2D eigenvalue weighted by Gasteiger charge is 2.82. The molecule has 6 heterocycles. The van der Waals surface area contributed by atoms with Crippen LogP contribution in [0, 0.1) is 17.9 Å². The number of fused-ring (bicyclic) bond motifs is 9. The molecule has 3 saturated carbocycles. The van der Waals surface area contributed by atoms with Gasteiger partial charge in [0.05, 0.1) is 51.0 Å². The van der Waals surface area contributed by atoms with Crippen LogP contribution in [-0.2, 0) is 63.7 Å². The van der Waals surface area contributed by atoms with Crippen LogP contribution in [0.2, 0.25) is 15.1 Å². The number of pyridine rings is 3. The molecule has 0 amide bonds. The van der Waals surface area contributed by atoms with E-state index in [0.717, 1.165) is 4.47 Å². The Morgan fingerprint density at radius 1 is 0.475 bits per heavy atom. The van der Waals surface area contributed by atoms with E-state index in [2.05, 4.69) is 49.9 Å². The molecule has 0 spiro atoms. The lowest BCUT2D eigenvalue weighted by Gasteiger charge is -2.40. The highest BCUT2D eigenvalue weighted by molar-refractivity contribution is 9.10. The second-order valence-electron chi connectivity index (χ2n) is 24.8. The minimum Gasteiger partial charge on any atom is -0.476 e. The maximum absolute atomic E-state index is 13.3. The third-order valence-electron chi connectivity index (χ3n) is 20.1. The number of aliphatic hydroxyl groups excluding tert-OH is 3. The summed E-state index contributed by atoms with van der Waals surface area (Å²) in [4.78, 5) is 16.2. The van der Waals surface area contributed by atoms with Gasteiger partial charge in [0.25, 0.3) is 0 Å². The molecular weight excluding hydrogens is 1490 g/mol. The molecule has 0 saturated heterocycles. The van der Waals surface area contributed by atoms with Crippen molar-refractivity contribution in [1.82, 2.24) is 29.1 Å². The topological polar surface area (TPSA) is 354 Å². The first-order valence-corrected chi connectivity index (χ1v) is 37.6. The fraction of sp³-hybridized carbons (Fsp3) is 0.254. The normalized spacial score (nSPS) is 30.0. The summed E-state index contributed by atoms with van der Waals surface area (Å²) in [5.74, 6) is -2.65. The van der Waals surface area contributed by atoms with Crippen molar-refractivity contribution in [1.29, 1.82) is 5.26 Å². The van der Waals surface area contributed by atoms with E-state index in [1.807, 2.05) is 6.07 Å². The number of nitrogens with zero attached hydrogens (tertiary/aromatic N) is 5. The summed E-state index contributed by atoms with van der Waals surface area (Å²) in [6.07, 6.45) is -1.45. The number of nitriles is 1. The largest absolute Gasteiger partial charge is 0.476 e. The van der Waals surface area contributed by atoms with Crippen LogP contribution in [0.5, 0.6) is 17.2 Å². The molecule has 6 aliphatic rings. The Bertz CT molecular complexity index is 4950. The molecule has 15 atom stereocenters. The van der Waals surface area contributed by atoms with Crippen LogP contribution in [0.3, 0.4) is 0 Å². The second-order valence-corrected chi connectivity index (χ2v) is 33.2. The second kappa shape index (κ2) is 26.0. The summed E-state index contributed by atoms with van der Waals surface area (Å²) >= 11 is 21.9. The van der Waals surface area contributed by atoms with Gasteiger partial charge in [-0.05, 0) is 78.8 Å².